The molecule has 2 fully saturated rings. The molecular weight excluding hydrogens is 276 g/mol. The van der Waals surface area contributed by atoms with E-state index in [0.29, 0.717) is 0 Å². The molecule has 2 amide bonds. The molecule has 0 bridgehead atoms. The zero-order valence-corrected chi connectivity index (χ0v) is 14.0. The molecule has 1 saturated carbocycles. The number of allylic oxidation sites excluding steroid dienone is 1. The summed E-state index contributed by atoms with van der Waals surface area (Å²) in [6.45, 7) is 6.63. The highest BCUT2D eigenvalue weighted by Gasteiger charge is 2.39. The van der Waals surface area contributed by atoms with Gasteiger partial charge in [-0.2, -0.15) is 0 Å². The molecule has 0 aromatic heterocycles. The summed E-state index contributed by atoms with van der Waals surface area (Å²) in [5, 5.41) is 13.4. The second kappa shape index (κ2) is 8.56. The van der Waals surface area contributed by atoms with E-state index in [4.69, 9.17) is 0 Å². The molecule has 4 heteroatoms. The third kappa shape index (κ3) is 4.48. The number of aliphatic hydroxyl groups excluding tert-OH is 1. The number of aliphatic hydroxyl groups is 1. The minimum atomic E-state index is -0.225. The second-order valence-corrected chi connectivity index (χ2v) is 6.99. The van der Waals surface area contributed by atoms with Crippen molar-refractivity contribution < 1.29 is 9.90 Å². The lowest BCUT2D eigenvalue weighted by Crippen LogP contribution is -2.50. The van der Waals surface area contributed by atoms with E-state index in [9.17, 15) is 9.90 Å². The van der Waals surface area contributed by atoms with Crippen molar-refractivity contribution in [1.82, 2.24) is 10.2 Å². The Balaban J connectivity index is 1.86. The molecular formula is C18H32N2O2. The minimum absolute atomic E-state index is 0.0615. The number of unbranched alkanes of at least 4 members (excludes halogenated alkanes) is 1. The largest absolute Gasteiger partial charge is 0.393 e. The van der Waals surface area contributed by atoms with E-state index >= 15 is 0 Å². The summed E-state index contributed by atoms with van der Waals surface area (Å²) in [6.07, 6.45) is 11.1. The predicted molar refractivity (Wildman–Crippen MR) is 89.7 cm³/mol. The molecule has 2 N–H and O–H groups in total. The molecule has 0 radical (unpaired) electrons. The van der Waals surface area contributed by atoms with Gasteiger partial charge in [0.2, 0.25) is 0 Å². The van der Waals surface area contributed by atoms with Crippen molar-refractivity contribution in [3.05, 3.63) is 12.7 Å². The van der Waals surface area contributed by atoms with Gasteiger partial charge in [0.1, 0.15) is 0 Å². The van der Waals surface area contributed by atoms with Gasteiger partial charge in [-0.15, -0.1) is 6.58 Å². The van der Waals surface area contributed by atoms with Crippen LogP contribution in [0.3, 0.4) is 0 Å². The number of carbonyl (C=O) groups is 1. The number of nitrogens with zero attached hydrogens (tertiary/aromatic N) is 1. The van der Waals surface area contributed by atoms with Gasteiger partial charge >= 0.3 is 6.03 Å². The number of likely N-dealkylation sites (tertiary alicyclic amines) is 1. The first kappa shape index (κ1) is 17.3. The number of nitrogens with one attached hydrogen (secondary N) is 1. The Kier molecular flexibility index (Phi) is 6.74. The molecule has 0 unspecified atom stereocenters. The van der Waals surface area contributed by atoms with Crippen LogP contribution in [0.15, 0.2) is 12.7 Å². The maximum atomic E-state index is 12.6. The first-order valence-electron chi connectivity index (χ1n) is 8.99. The molecule has 1 heterocycles. The maximum absolute atomic E-state index is 12.6. The van der Waals surface area contributed by atoms with E-state index in [0.717, 1.165) is 57.9 Å². The monoisotopic (exact) mass is 308 g/mol. The molecule has 1 aliphatic carbocycles. The van der Waals surface area contributed by atoms with Gasteiger partial charge in [-0.05, 0) is 51.9 Å². The van der Waals surface area contributed by atoms with E-state index in [1.165, 1.54) is 6.42 Å². The van der Waals surface area contributed by atoms with Crippen molar-refractivity contribution in [1.29, 1.82) is 0 Å². The average molecular weight is 308 g/mol. The molecule has 0 aromatic rings. The van der Waals surface area contributed by atoms with Crippen molar-refractivity contribution >= 4 is 6.03 Å². The van der Waals surface area contributed by atoms with Gasteiger partial charge in [-0.25, -0.2) is 4.79 Å². The van der Waals surface area contributed by atoms with Crippen molar-refractivity contribution in [3.63, 3.8) is 0 Å². The molecule has 22 heavy (non-hydrogen) atoms. The number of rotatable bonds is 6. The molecule has 2 rings (SSSR count). The number of hydrogen-bond donors (Lipinski definition) is 2. The van der Waals surface area contributed by atoms with Crippen molar-refractivity contribution in [2.75, 3.05) is 6.54 Å². The van der Waals surface area contributed by atoms with Crippen LogP contribution in [-0.2, 0) is 0 Å². The first-order chi connectivity index (χ1) is 10.6. The first-order valence-corrected chi connectivity index (χ1v) is 8.99. The van der Waals surface area contributed by atoms with Gasteiger partial charge in [-0.3, -0.25) is 0 Å². The topological polar surface area (TPSA) is 52.6 Å². The highest BCUT2D eigenvalue weighted by molar-refractivity contribution is 5.75. The molecule has 126 valence electrons. The Morgan fingerprint density at radius 3 is 2.86 bits per heavy atom. The van der Waals surface area contributed by atoms with Gasteiger partial charge in [0.05, 0.1) is 6.10 Å². The molecule has 4 nitrogen and oxygen atoms in total. The van der Waals surface area contributed by atoms with E-state index in [2.05, 4.69) is 18.8 Å². The smallest absolute Gasteiger partial charge is 0.317 e. The van der Waals surface area contributed by atoms with Crippen LogP contribution in [0, 0.1) is 5.92 Å². The summed E-state index contributed by atoms with van der Waals surface area (Å²) >= 11 is 0. The summed E-state index contributed by atoms with van der Waals surface area (Å²) in [5.74, 6) is 0.276. The van der Waals surface area contributed by atoms with Crippen molar-refractivity contribution in [2.45, 2.75) is 82.9 Å². The molecule has 1 aliphatic heterocycles. The Bertz CT molecular complexity index is 372. The van der Waals surface area contributed by atoms with Gasteiger partial charge in [0.15, 0.2) is 0 Å². The van der Waals surface area contributed by atoms with Crippen LogP contribution in [-0.4, -0.2) is 40.8 Å². The van der Waals surface area contributed by atoms with E-state index in [-0.39, 0.29) is 30.1 Å². The van der Waals surface area contributed by atoms with Gasteiger partial charge < -0.3 is 15.3 Å². The highest BCUT2D eigenvalue weighted by atomic mass is 16.3. The van der Waals surface area contributed by atoms with Crippen LogP contribution in [0.1, 0.15) is 64.7 Å². The fourth-order valence-electron chi connectivity index (χ4n) is 4.01. The van der Waals surface area contributed by atoms with Crippen LogP contribution >= 0.6 is 0 Å². The average Bonchev–Trinajstić information content (AvgIpc) is 2.97. The lowest BCUT2D eigenvalue weighted by Gasteiger charge is -2.37. The summed E-state index contributed by atoms with van der Waals surface area (Å²) in [6, 6.07) is 0.493. The zero-order chi connectivity index (χ0) is 15.9. The lowest BCUT2D eigenvalue weighted by molar-refractivity contribution is 0.0304. The maximum Gasteiger partial charge on any atom is 0.317 e. The Morgan fingerprint density at radius 2 is 2.14 bits per heavy atom. The van der Waals surface area contributed by atoms with Crippen LogP contribution in [0.5, 0.6) is 0 Å². The minimum Gasteiger partial charge on any atom is -0.393 e. The third-order valence-corrected chi connectivity index (χ3v) is 5.25. The molecule has 1 saturated heterocycles. The highest BCUT2D eigenvalue weighted by Crippen LogP contribution is 2.34. The second-order valence-electron chi connectivity index (χ2n) is 6.99. The molecule has 4 atom stereocenters. The fraction of sp³-hybridized carbons (Fsp3) is 0.833. The third-order valence-electron chi connectivity index (χ3n) is 5.25. The number of carbonyl (C=O) groups excluding carboxylic acids is 1. The van der Waals surface area contributed by atoms with Crippen LogP contribution in [0.4, 0.5) is 4.79 Å². The Morgan fingerprint density at radius 1 is 1.36 bits per heavy atom. The quantitative estimate of drug-likeness (QED) is 0.583. The van der Waals surface area contributed by atoms with Gasteiger partial charge in [-0.1, -0.05) is 18.9 Å². The Hall–Kier alpha value is -1.03. The van der Waals surface area contributed by atoms with Crippen LogP contribution < -0.4 is 5.32 Å². The normalized spacial score (nSPS) is 30.1. The molecule has 0 aromatic carbocycles. The predicted octanol–water partition coefficient (Wildman–Crippen LogP) is 3.46. The fourth-order valence-corrected chi connectivity index (χ4v) is 4.01. The summed E-state index contributed by atoms with van der Waals surface area (Å²) in [5.41, 5.74) is 0. The standard InChI is InChI=1S/C18H32N2O2/c1-3-4-5-9-14(2)19-18(22)20-13-8-11-16(20)15-10-6-7-12-17(15)21/h3,14-17,21H,1,4-13H2,2H3,(H,19,22)/t14-,15-,16+,17-/m0/s1. The van der Waals surface area contributed by atoms with E-state index in [1.807, 2.05) is 11.0 Å². The van der Waals surface area contributed by atoms with Crippen molar-refractivity contribution in [3.8, 4) is 0 Å². The lowest BCUT2D eigenvalue weighted by atomic mass is 9.80. The van der Waals surface area contributed by atoms with Crippen LogP contribution in [0.2, 0.25) is 0 Å². The zero-order valence-electron chi connectivity index (χ0n) is 14.0. The number of urea groups is 1. The van der Waals surface area contributed by atoms with Gasteiger partial charge in [0.25, 0.3) is 0 Å². The van der Waals surface area contributed by atoms with E-state index < -0.39 is 0 Å². The van der Waals surface area contributed by atoms with Crippen LogP contribution in [0.25, 0.3) is 0 Å². The molecule has 2 aliphatic rings. The van der Waals surface area contributed by atoms with Crippen molar-refractivity contribution in [2.24, 2.45) is 5.92 Å². The summed E-state index contributed by atoms with van der Waals surface area (Å²) < 4.78 is 0. The summed E-state index contributed by atoms with van der Waals surface area (Å²) in [4.78, 5) is 14.6. The van der Waals surface area contributed by atoms with E-state index in [1.54, 1.807) is 0 Å². The van der Waals surface area contributed by atoms with Gasteiger partial charge in [0, 0.05) is 24.5 Å². The molecule has 0 spiro atoms. The Labute approximate surface area is 135 Å². The number of amides is 2. The summed E-state index contributed by atoms with van der Waals surface area (Å²) in [7, 11) is 0. The number of hydrogen-bond acceptors (Lipinski definition) is 2. The SMILES string of the molecule is C=CCCC[C@H](C)NC(=O)N1CCC[C@@H]1[C@@H]1CCCC[C@@H]1O.